The summed E-state index contributed by atoms with van der Waals surface area (Å²) in [6, 6.07) is 0.122. The summed E-state index contributed by atoms with van der Waals surface area (Å²) >= 11 is 0. The molecule has 2 N–H and O–H groups in total. The summed E-state index contributed by atoms with van der Waals surface area (Å²) in [5, 5.41) is 0. The van der Waals surface area contributed by atoms with Crippen molar-refractivity contribution in [3.05, 3.63) is 0 Å². The van der Waals surface area contributed by atoms with Crippen molar-refractivity contribution in [2.75, 3.05) is 11.5 Å². The van der Waals surface area contributed by atoms with Crippen molar-refractivity contribution in [3.8, 4) is 0 Å². The molecule has 0 rings (SSSR count). The van der Waals surface area contributed by atoms with Gasteiger partial charge in [0.05, 0.1) is 5.75 Å². The molecule has 1 atom stereocenters. The summed E-state index contributed by atoms with van der Waals surface area (Å²) in [6.45, 7) is 8.13. The minimum absolute atomic E-state index is 0.122. The van der Waals surface area contributed by atoms with E-state index in [1.165, 1.54) is 0 Å². The fourth-order valence-corrected chi connectivity index (χ4v) is 2.49. The molecule has 0 saturated heterocycles. The van der Waals surface area contributed by atoms with E-state index in [0.29, 0.717) is 6.42 Å². The van der Waals surface area contributed by atoms with E-state index in [-0.39, 0.29) is 23.0 Å². The third kappa shape index (κ3) is 8.88. The largest absolute Gasteiger partial charge is 0.328 e. The molecule has 15 heavy (non-hydrogen) atoms. The normalized spacial score (nSPS) is 15.3. The predicted molar refractivity (Wildman–Crippen MR) is 65.6 cm³/mol. The molecule has 0 bridgehead atoms. The minimum atomic E-state index is -2.81. The van der Waals surface area contributed by atoms with Gasteiger partial charge in [-0.15, -0.1) is 0 Å². The molecule has 92 valence electrons. The average molecular weight is 235 g/mol. The van der Waals surface area contributed by atoms with Crippen molar-refractivity contribution in [3.63, 3.8) is 0 Å². The van der Waals surface area contributed by atoms with Gasteiger partial charge >= 0.3 is 0 Å². The third-order valence-electron chi connectivity index (χ3n) is 2.34. The van der Waals surface area contributed by atoms with E-state index >= 15 is 0 Å². The Balaban J connectivity index is 3.79. The van der Waals surface area contributed by atoms with Gasteiger partial charge in [0.2, 0.25) is 0 Å². The van der Waals surface area contributed by atoms with Gasteiger partial charge in [0.1, 0.15) is 9.84 Å². The molecule has 0 radical (unpaired) electrons. The highest BCUT2D eigenvalue weighted by Crippen LogP contribution is 2.21. The zero-order valence-electron chi connectivity index (χ0n) is 10.4. The number of hydrogen-bond donors (Lipinski definition) is 1. The lowest BCUT2D eigenvalue weighted by Crippen LogP contribution is -2.27. The predicted octanol–water partition coefficient (Wildman–Crippen LogP) is 1.96. The molecule has 0 aliphatic rings. The van der Waals surface area contributed by atoms with Crippen LogP contribution in [0.1, 0.15) is 47.0 Å². The van der Waals surface area contributed by atoms with E-state index in [4.69, 9.17) is 5.73 Å². The Kier molecular flexibility index (Phi) is 5.81. The van der Waals surface area contributed by atoms with Crippen molar-refractivity contribution in [2.24, 2.45) is 11.1 Å². The zero-order valence-corrected chi connectivity index (χ0v) is 11.2. The summed E-state index contributed by atoms with van der Waals surface area (Å²) in [7, 11) is -2.81. The maximum absolute atomic E-state index is 11.2. The van der Waals surface area contributed by atoms with Crippen LogP contribution >= 0.6 is 0 Å². The lowest BCUT2D eigenvalue weighted by molar-refractivity contribution is 0.330. The highest BCUT2D eigenvalue weighted by Gasteiger charge is 2.16. The van der Waals surface area contributed by atoms with Crippen molar-refractivity contribution < 1.29 is 8.42 Å². The molecule has 0 aromatic heterocycles. The van der Waals surface area contributed by atoms with Crippen LogP contribution < -0.4 is 5.73 Å². The van der Waals surface area contributed by atoms with Crippen LogP contribution in [0.3, 0.4) is 0 Å². The summed E-state index contributed by atoms with van der Waals surface area (Å²) in [5.74, 6) is 0.517. The molecular formula is C11H25NO2S. The van der Waals surface area contributed by atoms with Crippen molar-refractivity contribution >= 4 is 9.84 Å². The molecule has 0 spiro atoms. The Morgan fingerprint density at radius 2 is 1.80 bits per heavy atom. The second-order valence-corrected chi connectivity index (χ2v) is 7.88. The van der Waals surface area contributed by atoms with Gasteiger partial charge in [-0.25, -0.2) is 8.42 Å². The van der Waals surface area contributed by atoms with Gasteiger partial charge in [0.25, 0.3) is 0 Å². The molecule has 0 heterocycles. The smallest absolute Gasteiger partial charge is 0.150 e. The van der Waals surface area contributed by atoms with Crippen molar-refractivity contribution in [1.82, 2.24) is 0 Å². The highest BCUT2D eigenvalue weighted by atomic mass is 32.2. The van der Waals surface area contributed by atoms with Crippen LogP contribution in [-0.2, 0) is 9.84 Å². The fraction of sp³-hybridized carbons (Fsp3) is 1.00. The molecule has 0 aromatic rings. The van der Waals surface area contributed by atoms with Crippen LogP contribution in [-0.4, -0.2) is 26.0 Å². The monoisotopic (exact) mass is 235 g/mol. The van der Waals surface area contributed by atoms with Gasteiger partial charge in [-0.3, -0.25) is 0 Å². The maximum Gasteiger partial charge on any atom is 0.150 e. The van der Waals surface area contributed by atoms with Crippen LogP contribution in [0.25, 0.3) is 0 Å². The molecular weight excluding hydrogens is 210 g/mol. The summed E-state index contributed by atoms with van der Waals surface area (Å²) in [5.41, 5.74) is 6.16. The van der Waals surface area contributed by atoms with Crippen LogP contribution in [0.15, 0.2) is 0 Å². The van der Waals surface area contributed by atoms with E-state index in [1.807, 2.05) is 0 Å². The van der Waals surface area contributed by atoms with E-state index in [1.54, 1.807) is 6.92 Å². The number of rotatable bonds is 6. The highest BCUT2D eigenvalue weighted by molar-refractivity contribution is 7.91. The van der Waals surface area contributed by atoms with E-state index in [0.717, 1.165) is 12.8 Å². The molecule has 0 aliphatic carbocycles. The van der Waals surface area contributed by atoms with Gasteiger partial charge in [0.15, 0.2) is 0 Å². The SMILES string of the molecule is CCS(=O)(=O)CCCC(N)CC(C)(C)C. The number of hydrogen-bond acceptors (Lipinski definition) is 3. The second kappa shape index (κ2) is 5.85. The van der Waals surface area contributed by atoms with Crippen molar-refractivity contribution in [2.45, 2.75) is 53.0 Å². The summed E-state index contributed by atoms with van der Waals surface area (Å²) in [4.78, 5) is 0. The van der Waals surface area contributed by atoms with Crippen LogP contribution in [0.4, 0.5) is 0 Å². The molecule has 0 saturated carbocycles. The first-order chi connectivity index (χ1) is 6.66. The van der Waals surface area contributed by atoms with Crippen LogP contribution in [0.5, 0.6) is 0 Å². The first-order valence-corrected chi connectivity index (χ1v) is 7.44. The first-order valence-electron chi connectivity index (χ1n) is 5.62. The van der Waals surface area contributed by atoms with E-state index < -0.39 is 9.84 Å². The van der Waals surface area contributed by atoms with Crippen LogP contribution in [0, 0.1) is 5.41 Å². The summed E-state index contributed by atoms with van der Waals surface area (Å²) < 4.78 is 22.5. The standard InChI is InChI=1S/C11H25NO2S/c1-5-15(13,14)8-6-7-10(12)9-11(2,3)4/h10H,5-9,12H2,1-4H3. The zero-order chi connectivity index (χ0) is 12.1. The molecule has 1 unspecified atom stereocenters. The fourth-order valence-electron chi connectivity index (χ4n) is 1.60. The lowest BCUT2D eigenvalue weighted by Gasteiger charge is -2.22. The Hall–Kier alpha value is -0.0900. The molecule has 0 amide bonds. The first kappa shape index (κ1) is 14.9. The number of sulfone groups is 1. The minimum Gasteiger partial charge on any atom is -0.328 e. The Bertz CT molecular complexity index is 265. The Labute approximate surface area is 94.4 Å². The third-order valence-corrected chi connectivity index (χ3v) is 4.13. The van der Waals surface area contributed by atoms with Gasteiger partial charge in [-0.05, 0) is 24.7 Å². The maximum atomic E-state index is 11.2. The quantitative estimate of drug-likeness (QED) is 0.765. The molecule has 0 fully saturated rings. The Morgan fingerprint density at radius 1 is 1.27 bits per heavy atom. The molecule has 4 heteroatoms. The van der Waals surface area contributed by atoms with Gasteiger partial charge < -0.3 is 5.73 Å². The average Bonchev–Trinajstić information content (AvgIpc) is 2.00. The van der Waals surface area contributed by atoms with Gasteiger partial charge in [-0.1, -0.05) is 27.7 Å². The molecule has 0 aromatic carbocycles. The van der Waals surface area contributed by atoms with E-state index in [9.17, 15) is 8.42 Å². The topological polar surface area (TPSA) is 60.2 Å². The van der Waals surface area contributed by atoms with Gasteiger partial charge in [0, 0.05) is 11.8 Å². The van der Waals surface area contributed by atoms with E-state index in [2.05, 4.69) is 20.8 Å². The molecule has 3 nitrogen and oxygen atoms in total. The molecule has 0 aliphatic heterocycles. The summed E-state index contributed by atoms with van der Waals surface area (Å²) in [6.07, 6.45) is 2.43. The number of nitrogens with two attached hydrogens (primary N) is 1. The second-order valence-electron chi connectivity index (χ2n) is 5.40. The van der Waals surface area contributed by atoms with Crippen molar-refractivity contribution in [1.29, 1.82) is 0 Å². The lowest BCUT2D eigenvalue weighted by atomic mass is 9.87. The van der Waals surface area contributed by atoms with Gasteiger partial charge in [-0.2, -0.15) is 0 Å². The van der Waals surface area contributed by atoms with Crippen LogP contribution in [0.2, 0.25) is 0 Å². The Morgan fingerprint density at radius 3 is 2.20 bits per heavy atom.